The second-order valence-corrected chi connectivity index (χ2v) is 19.7. The van der Waals surface area contributed by atoms with Crippen molar-refractivity contribution in [2.24, 2.45) is 0 Å². The van der Waals surface area contributed by atoms with Crippen LogP contribution in [0.1, 0.15) is 0 Å². The van der Waals surface area contributed by atoms with E-state index in [1.807, 2.05) is 0 Å². The van der Waals surface area contributed by atoms with E-state index in [1.165, 1.54) is 0 Å². The van der Waals surface area contributed by atoms with Crippen LogP contribution in [0.25, 0.3) is 0 Å². The molecule has 6 heteroatoms. The molecule has 0 aliphatic rings. The van der Waals surface area contributed by atoms with Gasteiger partial charge < -0.3 is 8.46 Å². The Morgan fingerprint density at radius 3 is 1.57 bits per heavy atom. The molecule has 0 aromatic heterocycles. The summed E-state index contributed by atoms with van der Waals surface area (Å²) >= 11 is 6.51. The van der Waals surface area contributed by atoms with Gasteiger partial charge in [0.1, 0.15) is 0 Å². The van der Waals surface area contributed by atoms with Crippen molar-refractivity contribution in [3.05, 3.63) is 0 Å². The highest BCUT2D eigenvalue weighted by Gasteiger charge is 2.40. The van der Waals surface area contributed by atoms with Gasteiger partial charge in [0.15, 0.2) is 8.40 Å². The molecule has 0 rings (SSSR count). The van der Waals surface area contributed by atoms with Crippen molar-refractivity contribution in [2.45, 2.75) is 39.3 Å². The van der Waals surface area contributed by atoms with Gasteiger partial charge in [-0.3, -0.25) is 0 Å². The van der Waals surface area contributed by atoms with E-state index in [-0.39, 0.29) is 0 Å². The molecule has 0 fully saturated rings. The van der Waals surface area contributed by atoms with Crippen molar-refractivity contribution >= 4 is 36.0 Å². The summed E-state index contributed by atoms with van der Waals surface area (Å²) in [5.74, 6) is 0. The summed E-state index contributed by atoms with van der Waals surface area (Å²) in [6.45, 7) is 14.0. The zero-order valence-corrected chi connectivity index (χ0v) is 14.8. The smallest absolute Gasteiger partial charge is 0.217 e. The summed E-state index contributed by atoms with van der Waals surface area (Å²) in [4.78, 5) is 0. The fourth-order valence-corrected chi connectivity index (χ4v) is 15.5. The predicted molar refractivity (Wildman–Crippen MR) is 75.2 cm³/mol. The Morgan fingerprint density at radius 1 is 1.00 bits per heavy atom. The molecule has 0 N–H and O–H groups in total. The summed E-state index contributed by atoms with van der Waals surface area (Å²) < 4.78 is 5.12. The van der Waals surface area contributed by atoms with Gasteiger partial charge in [-0.1, -0.05) is 13.1 Å². The number of nitrogens with zero attached hydrogens (tertiary/aromatic N) is 2. The van der Waals surface area contributed by atoms with Crippen LogP contribution >= 0.6 is 11.1 Å². The molecule has 0 atom stereocenters. The molecule has 0 saturated carbocycles. The highest BCUT2D eigenvalue weighted by Crippen LogP contribution is 2.23. The van der Waals surface area contributed by atoms with E-state index in [2.05, 4.69) is 61.8 Å². The fraction of sp³-hybridized carbons (Fsp3) is 1.00. The average molecular weight is 269 g/mol. The maximum atomic E-state index is 6.51. The molecule has 0 spiro atoms. The summed E-state index contributed by atoms with van der Waals surface area (Å²) in [6.07, 6.45) is 0. The molecule has 0 aliphatic carbocycles. The first kappa shape index (κ1) is 14.9. The van der Waals surface area contributed by atoms with Crippen molar-refractivity contribution in [1.82, 2.24) is 8.46 Å². The Balaban J connectivity index is 4.77. The van der Waals surface area contributed by atoms with Crippen LogP contribution in [0.2, 0.25) is 39.3 Å². The Morgan fingerprint density at radius 2 is 1.36 bits per heavy atom. The van der Waals surface area contributed by atoms with E-state index in [0.717, 1.165) is 0 Å². The lowest BCUT2D eigenvalue weighted by atomic mass is 11.6. The predicted octanol–water partition coefficient (Wildman–Crippen LogP) is 2.48. The Labute approximate surface area is 97.9 Å². The van der Waals surface area contributed by atoms with Crippen molar-refractivity contribution in [3.8, 4) is 0 Å². The summed E-state index contributed by atoms with van der Waals surface area (Å²) in [5, 5.41) is 0. The van der Waals surface area contributed by atoms with E-state index in [4.69, 9.17) is 11.1 Å². The molecule has 0 heterocycles. The van der Waals surface area contributed by atoms with Crippen LogP contribution < -0.4 is 0 Å². The third-order valence-electron chi connectivity index (χ3n) is 3.26. The summed E-state index contributed by atoms with van der Waals surface area (Å²) in [5.41, 5.74) is 0. The van der Waals surface area contributed by atoms with E-state index >= 15 is 0 Å². The molecule has 0 saturated heterocycles. The van der Waals surface area contributed by atoms with Gasteiger partial charge in [-0.15, -0.1) is 11.1 Å². The van der Waals surface area contributed by atoms with Gasteiger partial charge in [0.25, 0.3) is 0 Å². The third kappa shape index (κ3) is 3.46. The van der Waals surface area contributed by atoms with Crippen LogP contribution in [0.4, 0.5) is 0 Å². The highest BCUT2D eigenvalue weighted by molar-refractivity contribution is 7.20. The topological polar surface area (TPSA) is 6.48 Å². The van der Waals surface area contributed by atoms with E-state index < -0.39 is 24.9 Å². The minimum absolute atomic E-state index is 0.701. The van der Waals surface area contributed by atoms with Crippen LogP contribution in [0.15, 0.2) is 0 Å². The van der Waals surface area contributed by atoms with Gasteiger partial charge in [0, 0.05) is 0 Å². The molecule has 14 heavy (non-hydrogen) atoms. The van der Waals surface area contributed by atoms with Crippen LogP contribution in [0.3, 0.4) is 0 Å². The molecule has 0 aromatic rings. The van der Waals surface area contributed by atoms with E-state index in [1.54, 1.807) is 0 Å². The van der Waals surface area contributed by atoms with E-state index in [0.29, 0.717) is 0 Å². The Hall–Kier alpha value is 0.861. The van der Waals surface area contributed by atoms with Crippen molar-refractivity contribution < 1.29 is 0 Å². The van der Waals surface area contributed by atoms with Gasteiger partial charge >= 0.3 is 0 Å². The molecule has 0 bridgehead atoms. The number of hydrogen-bond donors (Lipinski definition) is 0. The SMILES string of the molecule is CN([SiH](C)C)[Si](C)(C)N(C)[Si](C)(C)Cl. The fourth-order valence-electron chi connectivity index (χ4n) is 1.52. The first-order chi connectivity index (χ1) is 6.01. The zero-order valence-electron chi connectivity index (χ0n) is 10.8. The lowest BCUT2D eigenvalue weighted by Crippen LogP contribution is -2.67. The molecular weight excluding hydrogens is 244 g/mol. The second-order valence-electron chi connectivity index (χ2n) is 5.17. The standard InChI is InChI=1S/C8H25ClN2Si3/c1-10(12(3)4)14(7,8)11(2)13(5,6)9/h12H,1-8H3. The molecule has 2 nitrogen and oxygen atoms in total. The first-order valence-corrected chi connectivity index (χ1v) is 14.8. The normalized spacial score (nSPS) is 14.6. The lowest BCUT2D eigenvalue weighted by Gasteiger charge is -2.47. The monoisotopic (exact) mass is 268 g/mol. The number of rotatable bonds is 4. The minimum Gasteiger partial charge on any atom is -0.339 e. The molecular formula is C8H25ClN2Si3. The average Bonchev–Trinajstić information content (AvgIpc) is 1.99. The van der Waals surface area contributed by atoms with E-state index in [9.17, 15) is 0 Å². The van der Waals surface area contributed by atoms with Gasteiger partial charge in [-0.25, -0.2) is 0 Å². The molecule has 0 unspecified atom stereocenters. The lowest BCUT2D eigenvalue weighted by molar-refractivity contribution is 0.638. The maximum absolute atomic E-state index is 6.51. The molecule has 86 valence electrons. The third-order valence-corrected chi connectivity index (χ3v) is 17.7. The molecule has 0 radical (unpaired) electrons. The van der Waals surface area contributed by atoms with Gasteiger partial charge in [-0.2, -0.15) is 0 Å². The minimum atomic E-state index is -1.66. The summed E-state index contributed by atoms with van der Waals surface area (Å²) in [7, 11) is 0.674. The van der Waals surface area contributed by atoms with Crippen LogP contribution in [-0.4, -0.2) is 47.5 Å². The number of hydrogen-bond acceptors (Lipinski definition) is 2. The largest absolute Gasteiger partial charge is 0.339 e. The van der Waals surface area contributed by atoms with Crippen LogP contribution in [0, 0.1) is 0 Å². The molecule has 0 aliphatic heterocycles. The van der Waals surface area contributed by atoms with Crippen molar-refractivity contribution in [2.75, 3.05) is 14.1 Å². The molecule has 0 aromatic carbocycles. The quantitative estimate of drug-likeness (QED) is 0.571. The zero-order chi connectivity index (χ0) is 11.7. The van der Waals surface area contributed by atoms with Crippen molar-refractivity contribution in [3.63, 3.8) is 0 Å². The first-order valence-electron chi connectivity index (χ1n) is 5.17. The highest BCUT2D eigenvalue weighted by atomic mass is 35.6. The van der Waals surface area contributed by atoms with Crippen LogP contribution in [0.5, 0.6) is 0 Å². The molecule has 0 amide bonds. The van der Waals surface area contributed by atoms with Crippen LogP contribution in [-0.2, 0) is 0 Å². The van der Waals surface area contributed by atoms with Gasteiger partial charge in [0.2, 0.25) is 7.55 Å². The van der Waals surface area contributed by atoms with Crippen molar-refractivity contribution in [1.29, 1.82) is 0 Å². The second kappa shape index (κ2) is 4.80. The Kier molecular flexibility index (Phi) is 5.09. The van der Waals surface area contributed by atoms with Gasteiger partial charge in [0.05, 0.1) is 8.96 Å². The number of halogens is 1. The Bertz CT molecular complexity index is 192. The van der Waals surface area contributed by atoms with Gasteiger partial charge in [-0.05, 0) is 40.3 Å². The maximum Gasteiger partial charge on any atom is 0.217 e. The summed E-state index contributed by atoms with van der Waals surface area (Å²) in [6, 6.07) is 0.